The van der Waals surface area contributed by atoms with Crippen molar-refractivity contribution in [2.75, 3.05) is 5.32 Å². The highest BCUT2D eigenvalue weighted by atomic mass is 16.6. The summed E-state index contributed by atoms with van der Waals surface area (Å²) in [6.07, 6.45) is -0.700. The number of nitrogens with one attached hydrogen (secondary N) is 1. The molecule has 140 valence electrons. The van der Waals surface area contributed by atoms with Gasteiger partial charge in [-0.3, -0.25) is 4.79 Å². The lowest BCUT2D eigenvalue weighted by Gasteiger charge is -2.15. The van der Waals surface area contributed by atoms with E-state index < -0.39 is 6.10 Å². The first-order valence-corrected chi connectivity index (χ1v) is 8.79. The van der Waals surface area contributed by atoms with Crippen molar-refractivity contribution in [3.05, 3.63) is 58.7 Å². The molecule has 0 bridgehead atoms. The van der Waals surface area contributed by atoms with E-state index >= 15 is 0 Å². The van der Waals surface area contributed by atoms with Crippen LogP contribution in [0.15, 0.2) is 41.0 Å². The van der Waals surface area contributed by atoms with Crippen molar-refractivity contribution in [3.8, 4) is 17.0 Å². The average Bonchev–Trinajstić information content (AvgIpc) is 3.04. The van der Waals surface area contributed by atoms with E-state index in [1.807, 2.05) is 58.0 Å². The molecule has 1 heterocycles. The molecule has 1 amide bonds. The lowest BCUT2D eigenvalue weighted by atomic mass is 10.0. The number of ether oxygens (including phenoxy) is 1. The lowest BCUT2D eigenvalue weighted by Crippen LogP contribution is -2.30. The van der Waals surface area contributed by atoms with Crippen LogP contribution in [-0.4, -0.2) is 22.3 Å². The van der Waals surface area contributed by atoms with Crippen LogP contribution < -0.4 is 10.1 Å². The summed E-state index contributed by atoms with van der Waals surface area (Å²) in [6, 6.07) is 11.8. The monoisotopic (exact) mass is 365 g/mol. The molecule has 0 aliphatic carbocycles. The summed E-state index contributed by atoms with van der Waals surface area (Å²) in [7, 11) is 0. The van der Waals surface area contributed by atoms with Gasteiger partial charge in [-0.15, -0.1) is 0 Å². The second-order valence-corrected chi connectivity index (χ2v) is 6.85. The predicted octanol–water partition coefficient (Wildman–Crippen LogP) is 4.38. The number of nitrogens with zero attached hydrogens (tertiary/aromatic N) is 2. The van der Waals surface area contributed by atoms with Crippen LogP contribution in [0.25, 0.3) is 11.3 Å². The van der Waals surface area contributed by atoms with E-state index in [-0.39, 0.29) is 11.7 Å². The Labute approximate surface area is 158 Å². The number of hydrogen-bond acceptors (Lipinski definition) is 5. The molecule has 27 heavy (non-hydrogen) atoms. The molecule has 3 aromatic rings. The molecule has 0 aliphatic heterocycles. The molecule has 0 radical (unpaired) electrons. The molecule has 6 heteroatoms. The van der Waals surface area contributed by atoms with Crippen molar-refractivity contribution in [1.82, 2.24) is 10.3 Å². The van der Waals surface area contributed by atoms with Crippen LogP contribution in [0.2, 0.25) is 0 Å². The molecular formula is C21H23N3O3. The Morgan fingerprint density at radius 3 is 2.41 bits per heavy atom. The topological polar surface area (TPSA) is 77.2 Å². The maximum atomic E-state index is 12.6. The van der Waals surface area contributed by atoms with Gasteiger partial charge in [-0.2, -0.15) is 0 Å². The van der Waals surface area contributed by atoms with Gasteiger partial charge in [-0.1, -0.05) is 23.8 Å². The van der Waals surface area contributed by atoms with Crippen molar-refractivity contribution in [2.45, 2.75) is 40.7 Å². The second-order valence-electron chi connectivity index (χ2n) is 6.85. The van der Waals surface area contributed by atoms with E-state index in [0.29, 0.717) is 11.4 Å². The Morgan fingerprint density at radius 1 is 1.00 bits per heavy atom. The van der Waals surface area contributed by atoms with E-state index in [2.05, 4.69) is 21.7 Å². The average molecular weight is 365 g/mol. The van der Waals surface area contributed by atoms with Crippen molar-refractivity contribution in [3.63, 3.8) is 0 Å². The Bertz CT molecular complexity index is 958. The molecule has 0 spiro atoms. The summed E-state index contributed by atoms with van der Waals surface area (Å²) in [5, 5.41) is 10.6. The number of carbonyl (C=O) groups excluding carboxylic acids is 1. The van der Waals surface area contributed by atoms with Crippen LogP contribution in [0.1, 0.15) is 29.2 Å². The quantitative estimate of drug-likeness (QED) is 0.726. The van der Waals surface area contributed by atoms with Crippen molar-refractivity contribution in [1.29, 1.82) is 0 Å². The summed E-state index contributed by atoms with van der Waals surface area (Å²) in [5.74, 6) is 0.615. The Hall–Kier alpha value is -3.15. The van der Waals surface area contributed by atoms with Gasteiger partial charge in [0.2, 0.25) is 5.82 Å². The van der Waals surface area contributed by atoms with Crippen LogP contribution in [0.4, 0.5) is 5.82 Å². The lowest BCUT2D eigenvalue weighted by molar-refractivity contribution is -0.122. The van der Waals surface area contributed by atoms with Gasteiger partial charge in [0, 0.05) is 5.56 Å². The Balaban J connectivity index is 1.77. The number of hydrogen-bond donors (Lipinski definition) is 1. The number of amides is 1. The predicted molar refractivity (Wildman–Crippen MR) is 104 cm³/mol. The molecule has 1 atom stereocenters. The highest BCUT2D eigenvalue weighted by Gasteiger charge is 2.21. The Morgan fingerprint density at radius 2 is 1.70 bits per heavy atom. The van der Waals surface area contributed by atoms with Crippen LogP contribution in [0.3, 0.4) is 0 Å². The van der Waals surface area contributed by atoms with Gasteiger partial charge < -0.3 is 10.1 Å². The normalized spacial score (nSPS) is 11.9. The van der Waals surface area contributed by atoms with E-state index in [0.717, 1.165) is 27.8 Å². The fourth-order valence-electron chi connectivity index (χ4n) is 2.92. The fourth-order valence-corrected chi connectivity index (χ4v) is 2.92. The van der Waals surface area contributed by atoms with Crippen molar-refractivity contribution >= 4 is 11.7 Å². The molecule has 2 aromatic carbocycles. The Kier molecular flexibility index (Phi) is 5.26. The first-order valence-electron chi connectivity index (χ1n) is 8.79. The highest BCUT2D eigenvalue weighted by molar-refractivity contribution is 5.96. The molecule has 6 nitrogen and oxygen atoms in total. The third-order valence-electron chi connectivity index (χ3n) is 4.26. The molecule has 0 aliphatic rings. The molecule has 0 saturated carbocycles. The second kappa shape index (κ2) is 7.61. The smallest absolute Gasteiger partial charge is 0.266 e. The van der Waals surface area contributed by atoms with E-state index in [1.54, 1.807) is 6.92 Å². The van der Waals surface area contributed by atoms with Gasteiger partial charge in [0.25, 0.3) is 5.91 Å². The van der Waals surface area contributed by atoms with Crippen LogP contribution in [0, 0.1) is 27.7 Å². The van der Waals surface area contributed by atoms with Gasteiger partial charge >= 0.3 is 0 Å². The summed E-state index contributed by atoms with van der Waals surface area (Å²) >= 11 is 0. The van der Waals surface area contributed by atoms with Crippen LogP contribution >= 0.6 is 0 Å². The highest BCUT2D eigenvalue weighted by Crippen LogP contribution is 2.28. The molecule has 1 N–H and O–H groups in total. The number of anilines is 1. The maximum Gasteiger partial charge on any atom is 0.266 e. The SMILES string of the molecule is Cc1cc(C)cc(OC(C)C(=O)Nc2nonc2-c2cc(C)ccc2C)c1. The van der Waals surface area contributed by atoms with Crippen molar-refractivity contribution < 1.29 is 14.2 Å². The number of aromatic nitrogens is 2. The molecular weight excluding hydrogens is 342 g/mol. The molecule has 1 aromatic heterocycles. The zero-order chi connectivity index (χ0) is 19.6. The summed E-state index contributed by atoms with van der Waals surface area (Å²) < 4.78 is 10.7. The summed E-state index contributed by atoms with van der Waals surface area (Å²) in [6.45, 7) is 9.64. The van der Waals surface area contributed by atoms with Gasteiger partial charge in [0.05, 0.1) is 0 Å². The zero-order valence-electron chi connectivity index (χ0n) is 16.2. The maximum absolute atomic E-state index is 12.6. The minimum absolute atomic E-state index is 0.282. The molecule has 0 fully saturated rings. The van der Waals surface area contributed by atoms with Crippen LogP contribution in [0.5, 0.6) is 5.75 Å². The van der Waals surface area contributed by atoms with Gasteiger partial charge in [0.1, 0.15) is 5.75 Å². The summed E-state index contributed by atoms with van der Waals surface area (Å²) in [4.78, 5) is 12.6. The van der Waals surface area contributed by atoms with Crippen molar-refractivity contribution in [2.24, 2.45) is 0 Å². The van der Waals surface area contributed by atoms with Gasteiger partial charge in [-0.05, 0) is 79.8 Å². The number of rotatable bonds is 5. The minimum atomic E-state index is -0.700. The standard InChI is InChI=1S/C21H23N3O3/c1-12-6-7-15(4)18(11-12)19-20(24-27-23-19)22-21(25)16(5)26-17-9-13(2)8-14(3)10-17/h6-11,16H,1-5H3,(H,22,24,25). The van der Waals surface area contributed by atoms with E-state index in [1.165, 1.54) is 0 Å². The minimum Gasteiger partial charge on any atom is -0.481 e. The third-order valence-corrected chi connectivity index (χ3v) is 4.26. The zero-order valence-corrected chi connectivity index (χ0v) is 16.2. The molecule has 0 saturated heterocycles. The first-order chi connectivity index (χ1) is 12.8. The van der Waals surface area contributed by atoms with Gasteiger partial charge in [-0.25, -0.2) is 4.63 Å². The van der Waals surface area contributed by atoms with E-state index in [4.69, 9.17) is 9.37 Å². The number of benzene rings is 2. The third kappa shape index (κ3) is 4.34. The molecule has 3 rings (SSSR count). The molecule has 1 unspecified atom stereocenters. The largest absolute Gasteiger partial charge is 0.481 e. The van der Waals surface area contributed by atoms with Gasteiger partial charge in [0.15, 0.2) is 11.8 Å². The first kappa shape index (κ1) is 18.6. The fraction of sp³-hybridized carbons (Fsp3) is 0.286. The number of aryl methyl sites for hydroxylation is 4. The van der Waals surface area contributed by atoms with Crippen LogP contribution in [-0.2, 0) is 4.79 Å². The number of carbonyl (C=O) groups is 1. The van der Waals surface area contributed by atoms with E-state index in [9.17, 15) is 4.79 Å². The summed E-state index contributed by atoms with van der Waals surface area (Å²) in [5.41, 5.74) is 5.64.